The van der Waals surface area contributed by atoms with Crippen molar-refractivity contribution in [3.8, 4) is 0 Å². The van der Waals surface area contributed by atoms with Gasteiger partial charge in [0.05, 0.1) is 11.0 Å². The molecular weight excluding hydrogens is 502 g/mol. The van der Waals surface area contributed by atoms with Crippen LogP contribution in [0.1, 0.15) is 139 Å². The Kier molecular flexibility index (Phi) is 12.8. The Balaban J connectivity index is 1.18. The molecule has 0 radical (unpaired) electrons. The average Bonchev–Trinajstić information content (AvgIpc) is 3.52. The Bertz CT molecular complexity index is 1190. The summed E-state index contributed by atoms with van der Waals surface area (Å²) in [5.74, 6) is 1.44. The molecule has 2 heterocycles. The van der Waals surface area contributed by atoms with Crippen molar-refractivity contribution < 1.29 is 4.79 Å². The van der Waals surface area contributed by atoms with Gasteiger partial charge < -0.3 is 9.47 Å². The molecule has 1 unspecified atom stereocenters. The molecular formula is C37H55N3O. The van der Waals surface area contributed by atoms with E-state index in [4.69, 9.17) is 4.98 Å². The first-order chi connectivity index (χ1) is 20.1. The molecule has 1 aliphatic heterocycles. The Morgan fingerprint density at radius 2 is 1.27 bits per heavy atom. The number of fused-ring (bicyclic) bond motifs is 1. The van der Waals surface area contributed by atoms with Crippen LogP contribution in [0.4, 0.5) is 5.69 Å². The van der Waals surface area contributed by atoms with Gasteiger partial charge in [0.15, 0.2) is 0 Å². The molecule has 4 heteroatoms. The van der Waals surface area contributed by atoms with Gasteiger partial charge in [-0.2, -0.15) is 0 Å². The van der Waals surface area contributed by atoms with E-state index in [0.717, 1.165) is 23.6 Å². The molecule has 1 aromatic heterocycles. The van der Waals surface area contributed by atoms with Crippen LogP contribution in [-0.2, 0) is 11.3 Å². The van der Waals surface area contributed by atoms with Crippen molar-refractivity contribution in [1.29, 1.82) is 0 Å². The molecule has 0 N–H and O–H groups in total. The summed E-state index contributed by atoms with van der Waals surface area (Å²) < 4.78 is 2.42. The lowest BCUT2D eigenvalue weighted by Gasteiger charge is -2.18. The summed E-state index contributed by atoms with van der Waals surface area (Å²) in [6.45, 7) is 8.20. The molecule has 1 amide bonds. The second-order valence-corrected chi connectivity index (χ2v) is 12.7. The van der Waals surface area contributed by atoms with Gasteiger partial charge in [-0.1, -0.05) is 121 Å². The first kappa shape index (κ1) is 31.3. The molecule has 2 aromatic carbocycles. The molecule has 1 saturated heterocycles. The number of carbonyl (C=O) groups excluding carboxylic acids is 1. The van der Waals surface area contributed by atoms with E-state index in [2.05, 4.69) is 67.8 Å². The number of para-hydroxylation sites is 2. The van der Waals surface area contributed by atoms with Crippen LogP contribution in [0.3, 0.4) is 0 Å². The van der Waals surface area contributed by atoms with Gasteiger partial charge >= 0.3 is 0 Å². The molecule has 0 aliphatic carbocycles. The lowest BCUT2D eigenvalue weighted by Crippen LogP contribution is -2.24. The number of hydrogen-bond donors (Lipinski definition) is 0. The number of benzene rings is 2. The molecule has 1 aliphatic rings. The van der Waals surface area contributed by atoms with Crippen LogP contribution >= 0.6 is 0 Å². The standard InChI is InChI=1S/C37H55N3O/c1-4-5-6-7-8-9-10-11-12-13-14-15-16-17-18-21-24-39-35-23-20-19-22-34(35)38-37(39)32-28-36(41)40(29-32)33-26-30(2)25-31(3)27-33/h19-20,22-23,25-27,32H,4-18,21,24,28-29H2,1-3H3. The van der Waals surface area contributed by atoms with E-state index in [-0.39, 0.29) is 11.8 Å². The second-order valence-electron chi connectivity index (χ2n) is 12.7. The van der Waals surface area contributed by atoms with Crippen LogP contribution in [0.15, 0.2) is 42.5 Å². The van der Waals surface area contributed by atoms with Crippen molar-refractivity contribution in [1.82, 2.24) is 9.55 Å². The molecule has 4 rings (SSSR count). The van der Waals surface area contributed by atoms with E-state index in [9.17, 15) is 4.79 Å². The third-order valence-corrected chi connectivity index (χ3v) is 8.93. The Labute approximate surface area is 249 Å². The minimum atomic E-state index is 0.136. The molecule has 224 valence electrons. The summed E-state index contributed by atoms with van der Waals surface area (Å²) in [7, 11) is 0. The molecule has 3 aromatic rings. The fourth-order valence-corrected chi connectivity index (χ4v) is 6.70. The Morgan fingerprint density at radius 1 is 0.732 bits per heavy atom. The van der Waals surface area contributed by atoms with Gasteiger partial charge in [-0.3, -0.25) is 4.79 Å². The molecule has 0 bridgehead atoms. The average molecular weight is 558 g/mol. The maximum atomic E-state index is 13.1. The van der Waals surface area contributed by atoms with E-state index in [1.807, 2.05) is 4.90 Å². The number of imidazole rings is 1. The quantitative estimate of drug-likeness (QED) is 0.137. The summed E-state index contributed by atoms with van der Waals surface area (Å²) in [5, 5.41) is 0. The highest BCUT2D eigenvalue weighted by Crippen LogP contribution is 2.34. The third-order valence-electron chi connectivity index (χ3n) is 8.93. The fourth-order valence-electron chi connectivity index (χ4n) is 6.70. The maximum absolute atomic E-state index is 13.1. The maximum Gasteiger partial charge on any atom is 0.227 e. The SMILES string of the molecule is CCCCCCCCCCCCCCCCCCn1c(C2CC(=O)N(c3cc(C)cc(C)c3)C2)nc2ccccc21. The minimum absolute atomic E-state index is 0.136. The van der Waals surface area contributed by atoms with Gasteiger partial charge in [0.1, 0.15) is 5.82 Å². The topological polar surface area (TPSA) is 38.1 Å². The first-order valence-electron chi connectivity index (χ1n) is 16.9. The number of aromatic nitrogens is 2. The summed E-state index contributed by atoms with van der Waals surface area (Å²) >= 11 is 0. The van der Waals surface area contributed by atoms with Gasteiger partial charge in [0.25, 0.3) is 0 Å². The number of unbranched alkanes of at least 4 members (excludes halogenated alkanes) is 15. The predicted molar refractivity (Wildman–Crippen MR) is 175 cm³/mol. The zero-order chi connectivity index (χ0) is 28.9. The zero-order valence-electron chi connectivity index (χ0n) is 26.3. The lowest BCUT2D eigenvalue weighted by atomic mass is 10.0. The highest BCUT2D eigenvalue weighted by atomic mass is 16.2. The predicted octanol–water partition coefficient (Wildman–Crippen LogP) is 10.4. The van der Waals surface area contributed by atoms with Crippen molar-refractivity contribution in [3.05, 3.63) is 59.4 Å². The van der Waals surface area contributed by atoms with Crippen molar-refractivity contribution in [3.63, 3.8) is 0 Å². The van der Waals surface area contributed by atoms with E-state index in [1.54, 1.807) is 0 Å². The van der Waals surface area contributed by atoms with E-state index in [1.165, 1.54) is 119 Å². The van der Waals surface area contributed by atoms with Crippen LogP contribution in [-0.4, -0.2) is 22.0 Å². The van der Waals surface area contributed by atoms with E-state index < -0.39 is 0 Å². The van der Waals surface area contributed by atoms with Crippen molar-refractivity contribution in [2.75, 3.05) is 11.4 Å². The van der Waals surface area contributed by atoms with Crippen molar-refractivity contribution in [2.45, 2.75) is 142 Å². The molecule has 41 heavy (non-hydrogen) atoms. The molecule has 1 fully saturated rings. The van der Waals surface area contributed by atoms with Crippen LogP contribution in [0.25, 0.3) is 11.0 Å². The van der Waals surface area contributed by atoms with Gasteiger partial charge in [0, 0.05) is 31.1 Å². The number of amides is 1. The normalized spacial score (nSPS) is 15.4. The number of hydrogen-bond acceptors (Lipinski definition) is 2. The first-order valence-corrected chi connectivity index (χ1v) is 16.9. The summed E-state index contributed by atoms with van der Waals surface area (Å²) in [5.41, 5.74) is 5.69. The number of anilines is 1. The molecule has 0 spiro atoms. The Morgan fingerprint density at radius 3 is 1.85 bits per heavy atom. The third kappa shape index (κ3) is 9.45. The molecule has 1 atom stereocenters. The summed E-state index contributed by atoms with van der Waals surface area (Å²) in [6.07, 6.45) is 22.7. The van der Waals surface area contributed by atoms with Gasteiger partial charge in [-0.05, 0) is 55.7 Å². The monoisotopic (exact) mass is 557 g/mol. The van der Waals surface area contributed by atoms with Crippen molar-refractivity contribution >= 4 is 22.6 Å². The highest BCUT2D eigenvalue weighted by molar-refractivity contribution is 5.96. The van der Waals surface area contributed by atoms with Gasteiger partial charge in [-0.25, -0.2) is 4.98 Å². The van der Waals surface area contributed by atoms with Crippen LogP contribution < -0.4 is 4.90 Å². The van der Waals surface area contributed by atoms with Gasteiger partial charge in [0.2, 0.25) is 5.91 Å². The zero-order valence-corrected chi connectivity index (χ0v) is 26.3. The summed E-state index contributed by atoms with van der Waals surface area (Å²) in [4.78, 5) is 20.2. The van der Waals surface area contributed by atoms with Crippen LogP contribution in [0.5, 0.6) is 0 Å². The summed E-state index contributed by atoms with van der Waals surface area (Å²) in [6, 6.07) is 14.9. The number of nitrogens with zero attached hydrogens (tertiary/aromatic N) is 3. The Hall–Kier alpha value is -2.62. The molecule has 4 nitrogen and oxygen atoms in total. The minimum Gasteiger partial charge on any atom is -0.328 e. The number of carbonyl (C=O) groups is 1. The molecule has 0 saturated carbocycles. The highest BCUT2D eigenvalue weighted by Gasteiger charge is 2.35. The van der Waals surface area contributed by atoms with Crippen LogP contribution in [0, 0.1) is 13.8 Å². The largest absolute Gasteiger partial charge is 0.328 e. The number of rotatable bonds is 19. The lowest BCUT2D eigenvalue weighted by molar-refractivity contribution is -0.117. The van der Waals surface area contributed by atoms with E-state index >= 15 is 0 Å². The van der Waals surface area contributed by atoms with Gasteiger partial charge in [-0.15, -0.1) is 0 Å². The fraction of sp³-hybridized carbons (Fsp3) is 0.622. The van der Waals surface area contributed by atoms with Crippen molar-refractivity contribution in [2.24, 2.45) is 0 Å². The van der Waals surface area contributed by atoms with E-state index in [0.29, 0.717) is 13.0 Å². The van der Waals surface area contributed by atoms with Crippen LogP contribution in [0.2, 0.25) is 0 Å². The smallest absolute Gasteiger partial charge is 0.227 e. The second kappa shape index (κ2) is 16.7. The number of aryl methyl sites for hydroxylation is 3.